The van der Waals surface area contributed by atoms with Gasteiger partial charge in [0.25, 0.3) is 0 Å². The summed E-state index contributed by atoms with van der Waals surface area (Å²) in [5.41, 5.74) is 0. The Kier molecular flexibility index (Phi) is 6.43. The molecule has 1 rings (SSSR count). The molecule has 0 bridgehead atoms. The smallest absolute Gasteiger partial charge is 0.0843 e. The van der Waals surface area contributed by atoms with Gasteiger partial charge in [-0.3, -0.25) is 0 Å². The molecule has 1 aromatic rings. The molecule has 1 nitrogen and oxygen atoms in total. The van der Waals surface area contributed by atoms with Crippen LogP contribution in [0.1, 0.15) is 31.6 Å². The van der Waals surface area contributed by atoms with Crippen LogP contribution in [0.25, 0.3) is 0 Å². The van der Waals surface area contributed by atoms with E-state index in [2.05, 4.69) is 57.1 Å². The molecular formula is C11H17Br2NS. The van der Waals surface area contributed by atoms with Gasteiger partial charge in [0.05, 0.1) is 3.79 Å². The fourth-order valence-corrected chi connectivity index (χ4v) is 3.60. The summed E-state index contributed by atoms with van der Waals surface area (Å²) in [6.07, 6.45) is 2.53. The van der Waals surface area contributed by atoms with Crippen LogP contribution in [0.15, 0.2) is 14.3 Å². The van der Waals surface area contributed by atoms with Crippen molar-refractivity contribution in [1.82, 2.24) is 5.32 Å². The lowest BCUT2D eigenvalue weighted by molar-refractivity contribution is 0.450. The Morgan fingerprint density at radius 3 is 2.47 bits per heavy atom. The molecule has 0 atom stereocenters. The van der Waals surface area contributed by atoms with Crippen molar-refractivity contribution in [2.24, 2.45) is 5.92 Å². The van der Waals surface area contributed by atoms with Crippen molar-refractivity contribution in [3.05, 3.63) is 19.2 Å². The molecule has 1 heterocycles. The highest BCUT2D eigenvalue weighted by Crippen LogP contribution is 2.32. The molecule has 0 saturated carbocycles. The zero-order valence-corrected chi connectivity index (χ0v) is 13.1. The molecule has 0 aliphatic carbocycles. The third-order valence-electron chi connectivity index (χ3n) is 2.58. The molecular weight excluding hydrogens is 338 g/mol. The minimum Gasteiger partial charge on any atom is -0.312 e. The van der Waals surface area contributed by atoms with Crippen LogP contribution in [-0.2, 0) is 6.54 Å². The van der Waals surface area contributed by atoms with Gasteiger partial charge < -0.3 is 5.32 Å². The van der Waals surface area contributed by atoms with Gasteiger partial charge in [0, 0.05) is 15.9 Å². The van der Waals surface area contributed by atoms with Gasteiger partial charge in [-0.1, -0.05) is 26.7 Å². The maximum Gasteiger partial charge on any atom is 0.0843 e. The van der Waals surface area contributed by atoms with Crippen LogP contribution in [0.5, 0.6) is 0 Å². The summed E-state index contributed by atoms with van der Waals surface area (Å²) in [5.74, 6) is 0.817. The zero-order valence-electron chi connectivity index (χ0n) is 9.15. The fraction of sp³-hybridized carbons (Fsp3) is 0.636. The highest BCUT2D eigenvalue weighted by atomic mass is 79.9. The van der Waals surface area contributed by atoms with Crippen LogP contribution in [-0.4, -0.2) is 6.54 Å². The topological polar surface area (TPSA) is 12.0 Å². The van der Waals surface area contributed by atoms with Gasteiger partial charge in [0.15, 0.2) is 0 Å². The molecule has 0 fully saturated rings. The van der Waals surface area contributed by atoms with E-state index in [9.17, 15) is 0 Å². The first-order chi connectivity index (χ1) is 7.17. The van der Waals surface area contributed by atoms with Crippen LogP contribution < -0.4 is 5.32 Å². The number of halogens is 2. The van der Waals surface area contributed by atoms with Crippen molar-refractivity contribution in [1.29, 1.82) is 0 Å². The maximum absolute atomic E-state index is 3.51. The van der Waals surface area contributed by atoms with Crippen LogP contribution in [0.3, 0.4) is 0 Å². The van der Waals surface area contributed by atoms with Gasteiger partial charge in [-0.2, -0.15) is 0 Å². The summed E-state index contributed by atoms with van der Waals surface area (Å²) in [6, 6.07) is 2.18. The van der Waals surface area contributed by atoms with Crippen LogP contribution in [0.2, 0.25) is 0 Å². The standard InChI is InChI=1S/C11H17Br2NS/c1-3-8(4-2)6-14-7-9-5-10(12)11(13)15-9/h5,8,14H,3-4,6-7H2,1-2H3. The molecule has 0 aromatic carbocycles. The first-order valence-corrected chi connectivity index (χ1v) is 7.72. The van der Waals surface area contributed by atoms with Crippen molar-refractivity contribution >= 4 is 43.2 Å². The molecule has 0 spiro atoms. The van der Waals surface area contributed by atoms with E-state index < -0.39 is 0 Å². The summed E-state index contributed by atoms with van der Waals surface area (Å²) in [6.45, 7) is 6.62. The third kappa shape index (κ3) is 4.55. The van der Waals surface area contributed by atoms with Crippen molar-refractivity contribution in [2.45, 2.75) is 33.2 Å². The Labute approximate surface area is 113 Å². The minimum atomic E-state index is 0.817. The summed E-state index contributed by atoms with van der Waals surface area (Å²) in [4.78, 5) is 1.37. The largest absolute Gasteiger partial charge is 0.312 e. The van der Waals surface area contributed by atoms with E-state index in [1.807, 2.05) is 0 Å². The SMILES string of the molecule is CCC(CC)CNCc1cc(Br)c(Br)s1. The molecule has 0 aliphatic rings. The molecule has 0 unspecified atom stereocenters. The van der Waals surface area contributed by atoms with Crippen LogP contribution >= 0.6 is 43.2 Å². The van der Waals surface area contributed by atoms with Crippen molar-refractivity contribution < 1.29 is 0 Å². The molecule has 1 aromatic heterocycles. The Hall–Kier alpha value is 0.620. The highest BCUT2D eigenvalue weighted by Gasteiger charge is 2.05. The predicted octanol–water partition coefficient (Wildman–Crippen LogP) is 4.80. The second-order valence-electron chi connectivity index (χ2n) is 3.65. The summed E-state index contributed by atoms with van der Waals surface area (Å²) < 4.78 is 2.34. The lowest BCUT2D eigenvalue weighted by Crippen LogP contribution is -2.21. The Balaban J connectivity index is 2.31. The van der Waals surface area contributed by atoms with Crippen LogP contribution in [0.4, 0.5) is 0 Å². The highest BCUT2D eigenvalue weighted by molar-refractivity contribution is 9.13. The van der Waals surface area contributed by atoms with E-state index in [0.29, 0.717) is 0 Å². The predicted molar refractivity (Wildman–Crippen MR) is 75.5 cm³/mol. The quantitative estimate of drug-likeness (QED) is 0.773. The number of rotatable bonds is 6. The number of hydrogen-bond acceptors (Lipinski definition) is 2. The zero-order chi connectivity index (χ0) is 11.3. The first kappa shape index (κ1) is 13.7. The molecule has 86 valence electrons. The number of thiophene rings is 1. The lowest BCUT2D eigenvalue weighted by Gasteiger charge is -2.12. The summed E-state index contributed by atoms with van der Waals surface area (Å²) in [7, 11) is 0. The molecule has 1 N–H and O–H groups in total. The normalized spacial score (nSPS) is 11.3. The Bertz CT molecular complexity index is 275. The van der Waals surface area contributed by atoms with E-state index in [1.54, 1.807) is 11.3 Å². The number of hydrogen-bond donors (Lipinski definition) is 1. The number of nitrogens with one attached hydrogen (secondary N) is 1. The van der Waals surface area contributed by atoms with Gasteiger partial charge in [-0.15, -0.1) is 11.3 Å². The van der Waals surface area contributed by atoms with Crippen molar-refractivity contribution in [2.75, 3.05) is 6.54 Å². The summed E-state index contributed by atoms with van der Waals surface area (Å²) >= 11 is 8.80. The van der Waals surface area contributed by atoms with Gasteiger partial charge >= 0.3 is 0 Å². The monoisotopic (exact) mass is 353 g/mol. The average Bonchev–Trinajstić information content (AvgIpc) is 2.53. The summed E-state index contributed by atoms with van der Waals surface area (Å²) in [5, 5.41) is 3.51. The van der Waals surface area contributed by atoms with Gasteiger partial charge in [-0.05, 0) is 50.4 Å². The average molecular weight is 355 g/mol. The van der Waals surface area contributed by atoms with Gasteiger partial charge in [0.1, 0.15) is 0 Å². The Morgan fingerprint density at radius 1 is 1.33 bits per heavy atom. The second kappa shape index (κ2) is 7.05. The lowest BCUT2D eigenvalue weighted by atomic mass is 10.0. The first-order valence-electron chi connectivity index (χ1n) is 5.31. The molecule has 4 heteroatoms. The van der Waals surface area contributed by atoms with Crippen LogP contribution in [0, 0.1) is 5.92 Å². The molecule has 0 aliphatic heterocycles. The molecule has 0 saturated heterocycles. The van der Waals surface area contributed by atoms with E-state index in [4.69, 9.17) is 0 Å². The van der Waals surface area contributed by atoms with E-state index in [1.165, 1.54) is 21.5 Å². The van der Waals surface area contributed by atoms with Crippen molar-refractivity contribution in [3.63, 3.8) is 0 Å². The third-order valence-corrected chi connectivity index (χ3v) is 5.84. The molecule has 0 radical (unpaired) electrons. The second-order valence-corrected chi connectivity index (χ2v) is 6.96. The van der Waals surface area contributed by atoms with E-state index in [0.717, 1.165) is 23.5 Å². The van der Waals surface area contributed by atoms with Gasteiger partial charge in [-0.25, -0.2) is 0 Å². The minimum absolute atomic E-state index is 0.817. The van der Waals surface area contributed by atoms with Gasteiger partial charge in [0.2, 0.25) is 0 Å². The fourth-order valence-electron chi connectivity index (χ4n) is 1.46. The van der Waals surface area contributed by atoms with Crippen molar-refractivity contribution in [3.8, 4) is 0 Å². The molecule has 0 amide bonds. The van der Waals surface area contributed by atoms with E-state index >= 15 is 0 Å². The van der Waals surface area contributed by atoms with E-state index in [-0.39, 0.29) is 0 Å². The maximum atomic E-state index is 3.51. The Morgan fingerprint density at radius 2 is 2.00 bits per heavy atom. The molecule has 15 heavy (non-hydrogen) atoms.